The first-order chi connectivity index (χ1) is 12.8. The summed E-state index contributed by atoms with van der Waals surface area (Å²) >= 11 is 6.12. The van der Waals surface area contributed by atoms with E-state index < -0.39 is 6.04 Å². The summed E-state index contributed by atoms with van der Waals surface area (Å²) in [7, 11) is 0. The van der Waals surface area contributed by atoms with Gasteiger partial charge in [0.1, 0.15) is 11.9 Å². The van der Waals surface area contributed by atoms with Crippen molar-refractivity contribution in [2.75, 3.05) is 0 Å². The third kappa shape index (κ3) is 5.79. The molecule has 6 heteroatoms. The number of rotatable bonds is 7. The molecule has 0 fully saturated rings. The molecule has 27 heavy (non-hydrogen) atoms. The molecule has 2 aromatic rings. The number of hydrogen-bond donors (Lipinski definition) is 1. The molecule has 2 amide bonds. The van der Waals surface area contributed by atoms with Crippen molar-refractivity contribution in [2.45, 2.75) is 39.9 Å². The van der Waals surface area contributed by atoms with Crippen LogP contribution in [0.15, 0.2) is 48.5 Å². The van der Waals surface area contributed by atoms with Crippen LogP contribution in [0, 0.1) is 11.7 Å². The number of benzene rings is 2. The zero-order valence-electron chi connectivity index (χ0n) is 15.7. The highest BCUT2D eigenvalue weighted by molar-refractivity contribution is 6.31. The maximum Gasteiger partial charge on any atom is 0.242 e. The number of carbonyl (C=O) groups excluding carboxylic acids is 2. The lowest BCUT2D eigenvalue weighted by Crippen LogP contribution is -2.48. The molecule has 0 spiro atoms. The highest BCUT2D eigenvalue weighted by Crippen LogP contribution is 2.16. The molecule has 0 heterocycles. The molecule has 0 saturated carbocycles. The summed E-state index contributed by atoms with van der Waals surface area (Å²) < 4.78 is 13.1. The van der Waals surface area contributed by atoms with Crippen molar-refractivity contribution in [2.24, 2.45) is 5.92 Å². The smallest absolute Gasteiger partial charge is 0.242 e. The van der Waals surface area contributed by atoms with Gasteiger partial charge in [0.2, 0.25) is 11.8 Å². The molecule has 0 bridgehead atoms. The standard InChI is InChI=1S/C21H24ClFN2O2/c1-14(2)21(27)25(13-16-8-10-18(23)11-9-16)15(3)20(26)24-12-17-6-4-5-7-19(17)22/h4-11,14-15H,12-13H2,1-3H3,(H,24,26). The van der Waals surface area contributed by atoms with Gasteiger partial charge in [-0.1, -0.05) is 55.8 Å². The number of amides is 2. The molecule has 1 unspecified atom stereocenters. The summed E-state index contributed by atoms with van der Waals surface area (Å²) in [4.78, 5) is 26.8. The van der Waals surface area contributed by atoms with Gasteiger partial charge >= 0.3 is 0 Å². The van der Waals surface area contributed by atoms with E-state index in [1.807, 2.05) is 18.2 Å². The normalized spacial score (nSPS) is 11.9. The maximum absolute atomic E-state index is 13.1. The number of halogens is 2. The van der Waals surface area contributed by atoms with Gasteiger partial charge in [0.25, 0.3) is 0 Å². The van der Waals surface area contributed by atoms with Crippen molar-refractivity contribution in [3.63, 3.8) is 0 Å². The second-order valence-electron chi connectivity index (χ2n) is 6.73. The Morgan fingerprint density at radius 3 is 2.30 bits per heavy atom. The quantitative estimate of drug-likeness (QED) is 0.771. The van der Waals surface area contributed by atoms with Crippen LogP contribution >= 0.6 is 11.6 Å². The Morgan fingerprint density at radius 1 is 1.07 bits per heavy atom. The molecule has 1 atom stereocenters. The van der Waals surface area contributed by atoms with Gasteiger partial charge < -0.3 is 10.2 Å². The van der Waals surface area contributed by atoms with E-state index in [0.29, 0.717) is 5.02 Å². The zero-order valence-corrected chi connectivity index (χ0v) is 16.5. The second-order valence-corrected chi connectivity index (χ2v) is 7.14. The van der Waals surface area contributed by atoms with Crippen molar-refractivity contribution >= 4 is 23.4 Å². The Morgan fingerprint density at radius 2 is 1.70 bits per heavy atom. The minimum atomic E-state index is -0.674. The van der Waals surface area contributed by atoms with Crippen molar-refractivity contribution in [1.29, 1.82) is 0 Å². The Kier molecular flexibility index (Phi) is 7.36. The van der Waals surface area contributed by atoms with Crippen LogP contribution in [0.5, 0.6) is 0 Å². The third-order valence-electron chi connectivity index (χ3n) is 4.30. The van der Waals surface area contributed by atoms with Gasteiger partial charge in [-0.25, -0.2) is 4.39 Å². The second kappa shape index (κ2) is 9.51. The molecule has 2 rings (SSSR count). The summed E-state index contributed by atoms with van der Waals surface area (Å²) in [6.45, 7) is 5.77. The predicted octanol–water partition coefficient (Wildman–Crippen LogP) is 4.17. The van der Waals surface area contributed by atoms with Crippen molar-refractivity contribution in [3.05, 3.63) is 70.5 Å². The predicted molar refractivity (Wildman–Crippen MR) is 105 cm³/mol. The van der Waals surface area contributed by atoms with E-state index in [1.54, 1.807) is 39.0 Å². The molecule has 1 N–H and O–H groups in total. The first kappa shape index (κ1) is 20.9. The molecular formula is C21H24ClFN2O2. The van der Waals surface area contributed by atoms with Crippen LogP contribution in [0.25, 0.3) is 0 Å². The van der Waals surface area contributed by atoms with Crippen molar-refractivity contribution in [1.82, 2.24) is 10.2 Å². The van der Waals surface area contributed by atoms with E-state index in [0.717, 1.165) is 11.1 Å². The van der Waals surface area contributed by atoms with Gasteiger partial charge in [-0.2, -0.15) is 0 Å². The fourth-order valence-electron chi connectivity index (χ4n) is 2.64. The average Bonchev–Trinajstić information content (AvgIpc) is 2.65. The third-order valence-corrected chi connectivity index (χ3v) is 4.67. The summed E-state index contributed by atoms with van der Waals surface area (Å²) in [5, 5.41) is 3.41. The van der Waals surface area contributed by atoms with Gasteiger partial charge in [-0.3, -0.25) is 9.59 Å². The fraction of sp³-hybridized carbons (Fsp3) is 0.333. The lowest BCUT2D eigenvalue weighted by Gasteiger charge is -2.30. The maximum atomic E-state index is 13.1. The molecule has 0 aliphatic carbocycles. The Bertz CT molecular complexity index is 793. The molecule has 0 aliphatic rings. The molecule has 144 valence electrons. The minimum absolute atomic E-state index is 0.139. The van der Waals surface area contributed by atoms with E-state index >= 15 is 0 Å². The van der Waals surface area contributed by atoms with Gasteiger partial charge in [0.05, 0.1) is 0 Å². The summed E-state index contributed by atoms with van der Waals surface area (Å²) in [6, 6.07) is 12.5. The van der Waals surface area contributed by atoms with Gasteiger partial charge in [-0.05, 0) is 36.2 Å². The van der Waals surface area contributed by atoms with Crippen LogP contribution in [0.1, 0.15) is 31.9 Å². The number of nitrogens with zero attached hydrogens (tertiary/aromatic N) is 1. The van der Waals surface area contributed by atoms with E-state index in [-0.39, 0.29) is 36.6 Å². The average molecular weight is 391 g/mol. The van der Waals surface area contributed by atoms with Crippen LogP contribution in [-0.4, -0.2) is 22.8 Å². The van der Waals surface area contributed by atoms with Gasteiger partial charge in [0, 0.05) is 24.0 Å². The Labute approximate surface area is 164 Å². The summed E-state index contributed by atoms with van der Waals surface area (Å²) in [5.41, 5.74) is 1.57. The van der Waals surface area contributed by atoms with Crippen LogP contribution in [-0.2, 0) is 22.7 Å². The number of hydrogen-bond acceptors (Lipinski definition) is 2. The lowest BCUT2D eigenvalue weighted by atomic mass is 10.1. The molecule has 4 nitrogen and oxygen atoms in total. The zero-order chi connectivity index (χ0) is 20.0. The lowest BCUT2D eigenvalue weighted by molar-refractivity contribution is -0.143. The van der Waals surface area contributed by atoms with E-state index in [4.69, 9.17) is 11.6 Å². The Hall–Kier alpha value is -2.40. The monoisotopic (exact) mass is 390 g/mol. The highest BCUT2D eigenvalue weighted by Gasteiger charge is 2.27. The van der Waals surface area contributed by atoms with Crippen LogP contribution in [0.4, 0.5) is 4.39 Å². The molecule has 0 aromatic heterocycles. The largest absolute Gasteiger partial charge is 0.350 e. The van der Waals surface area contributed by atoms with E-state index in [9.17, 15) is 14.0 Å². The van der Waals surface area contributed by atoms with Crippen LogP contribution in [0.2, 0.25) is 5.02 Å². The van der Waals surface area contributed by atoms with E-state index in [1.165, 1.54) is 17.0 Å². The summed E-state index contributed by atoms with van der Waals surface area (Å²) in [6.07, 6.45) is 0. The SMILES string of the molecule is CC(C)C(=O)N(Cc1ccc(F)cc1)C(C)C(=O)NCc1ccccc1Cl. The van der Waals surface area contributed by atoms with Crippen LogP contribution < -0.4 is 5.32 Å². The van der Waals surface area contributed by atoms with E-state index in [2.05, 4.69) is 5.32 Å². The molecule has 2 aromatic carbocycles. The number of nitrogens with one attached hydrogen (secondary N) is 1. The molecular weight excluding hydrogens is 367 g/mol. The molecule has 0 saturated heterocycles. The van der Waals surface area contributed by atoms with Crippen molar-refractivity contribution in [3.8, 4) is 0 Å². The summed E-state index contributed by atoms with van der Waals surface area (Å²) in [5.74, 6) is -1.01. The Balaban J connectivity index is 2.10. The molecule has 0 aliphatic heterocycles. The topological polar surface area (TPSA) is 49.4 Å². The molecule has 0 radical (unpaired) electrons. The first-order valence-electron chi connectivity index (χ1n) is 8.85. The first-order valence-corrected chi connectivity index (χ1v) is 9.23. The number of carbonyl (C=O) groups is 2. The van der Waals surface area contributed by atoms with Crippen LogP contribution in [0.3, 0.4) is 0 Å². The van der Waals surface area contributed by atoms with Gasteiger partial charge in [-0.15, -0.1) is 0 Å². The highest BCUT2D eigenvalue weighted by atomic mass is 35.5. The van der Waals surface area contributed by atoms with Gasteiger partial charge in [0.15, 0.2) is 0 Å². The minimum Gasteiger partial charge on any atom is -0.350 e. The van der Waals surface area contributed by atoms with Crippen molar-refractivity contribution < 1.29 is 14.0 Å². The fourth-order valence-corrected chi connectivity index (χ4v) is 2.84.